The minimum Gasteiger partial charge on any atom is -0.426 e. The van der Waals surface area contributed by atoms with Gasteiger partial charge in [-0.25, -0.2) is 0 Å². The maximum atomic E-state index is 12.8. The van der Waals surface area contributed by atoms with Crippen LogP contribution in [0.25, 0.3) is 0 Å². The number of ether oxygens (including phenoxy) is 1. The third kappa shape index (κ3) is 9.49. The number of amides is 2. The van der Waals surface area contributed by atoms with E-state index in [0.717, 1.165) is 0 Å². The van der Waals surface area contributed by atoms with E-state index in [9.17, 15) is 32.8 Å². The summed E-state index contributed by atoms with van der Waals surface area (Å²) in [6, 6.07) is 8.75. The first kappa shape index (κ1) is 28.6. The quantitative estimate of drug-likeness (QED) is 0.307. The van der Waals surface area contributed by atoms with Crippen LogP contribution < -0.4 is 10.6 Å². The molecule has 35 heavy (non-hydrogen) atoms. The average Bonchev–Trinajstić information content (AvgIpc) is 3.28. The first-order chi connectivity index (χ1) is 16.5. The Kier molecular flexibility index (Phi) is 11.0. The number of benzene rings is 1. The van der Waals surface area contributed by atoms with Gasteiger partial charge in [0.1, 0.15) is 12.0 Å². The zero-order valence-electron chi connectivity index (χ0n) is 19.4. The van der Waals surface area contributed by atoms with Gasteiger partial charge in [-0.15, -0.1) is 0 Å². The van der Waals surface area contributed by atoms with Gasteiger partial charge in [0, 0.05) is 6.54 Å². The topological polar surface area (TPSA) is 135 Å². The normalized spacial score (nSPS) is 18.4. The first-order valence-corrected chi connectivity index (χ1v) is 11.3. The Morgan fingerprint density at radius 1 is 1.31 bits per heavy atom. The number of nitrogens with zero attached hydrogens (tertiary/aromatic N) is 2. The summed E-state index contributed by atoms with van der Waals surface area (Å²) in [6.45, 7) is 0.0323. The van der Waals surface area contributed by atoms with Crippen molar-refractivity contribution in [2.75, 3.05) is 26.3 Å². The molecule has 1 aliphatic heterocycles. The number of halogens is 3. The minimum absolute atomic E-state index is 0.0164. The van der Waals surface area contributed by atoms with E-state index >= 15 is 0 Å². The van der Waals surface area contributed by atoms with Crippen LogP contribution in [-0.4, -0.2) is 84.4 Å². The molecule has 0 bridgehead atoms. The number of rotatable bonds is 12. The van der Waals surface area contributed by atoms with Crippen molar-refractivity contribution in [3.05, 3.63) is 35.9 Å². The lowest BCUT2D eigenvalue weighted by atomic mass is 9.76. The van der Waals surface area contributed by atoms with Gasteiger partial charge in [-0.2, -0.15) is 18.4 Å². The zero-order valence-corrected chi connectivity index (χ0v) is 19.4. The average molecular weight is 498 g/mol. The van der Waals surface area contributed by atoms with Gasteiger partial charge < -0.3 is 25.0 Å². The molecule has 0 aliphatic carbocycles. The lowest BCUT2D eigenvalue weighted by molar-refractivity contribution is -0.138. The monoisotopic (exact) mass is 498 g/mol. The number of carbonyl (C=O) groups excluding carboxylic acids is 2. The summed E-state index contributed by atoms with van der Waals surface area (Å²) in [4.78, 5) is 26.6. The van der Waals surface area contributed by atoms with Crippen molar-refractivity contribution >= 4 is 18.9 Å². The lowest BCUT2D eigenvalue weighted by Crippen LogP contribution is -2.56. The molecule has 1 heterocycles. The summed E-state index contributed by atoms with van der Waals surface area (Å²) in [7, 11) is -1.94. The fourth-order valence-electron chi connectivity index (χ4n) is 3.77. The van der Waals surface area contributed by atoms with Crippen LogP contribution in [0.3, 0.4) is 0 Å². The second-order valence-electron chi connectivity index (χ2n) is 8.48. The van der Waals surface area contributed by atoms with Crippen LogP contribution >= 0.6 is 0 Å². The van der Waals surface area contributed by atoms with Gasteiger partial charge in [-0.05, 0) is 31.7 Å². The molecule has 192 valence electrons. The van der Waals surface area contributed by atoms with Crippen molar-refractivity contribution in [3.8, 4) is 6.07 Å². The van der Waals surface area contributed by atoms with E-state index < -0.39 is 50.3 Å². The molecule has 1 aliphatic rings. The molecule has 1 fully saturated rings. The summed E-state index contributed by atoms with van der Waals surface area (Å²) >= 11 is 0. The molecule has 13 heteroatoms. The molecule has 4 atom stereocenters. The molecule has 1 aromatic rings. The highest BCUT2D eigenvalue weighted by atomic mass is 19.4. The van der Waals surface area contributed by atoms with Crippen molar-refractivity contribution in [2.24, 2.45) is 5.92 Å². The predicted molar refractivity (Wildman–Crippen MR) is 120 cm³/mol. The van der Waals surface area contributed by atoms with Gasteiger partial charge in [-0.1, -0.05) is 30.3 Å². The first-order valence-electron chi connectivity index (χ1n) is 11.3. The molecule has 0 radical (unpaired) electrons. The Bertz CT molecular complexity index is 869. The Balaban J connectivity index is 2.00. The number of carbonyl (C=O) groups is 2. The van der Waals surface area contributed by atoms with Gasteiger partial charge in [-0.3, -0.25) is 14.9 Å². The van der Waals surface area contributed by atoms with Crippen LogP contribution in [0.15, 0.2) is 30.3 Å². The molecule has 1 unspecified atom stereocenters. The van der Waals surface area contributed by atoms with Crippen LogP contribution in [0.2, 0.25) is 0 Å². The molecule has 1 aromatic carbocycles. The highest BCUT2D eigenvalue weighted by molar-refractivity contribution is 6.43. The fraction of sp³-hybridized carbons (Fsp3) is 0.591. The molecule has 0 saturated carbocycles. The maximum absolute atomic E-state index is 12.8. The number of alkyl halides is 3. The van der Waals surface area contributed by atoms with Crippen molar-refractivity contribution in [1.82, 2.24) is 15.5 Å². The molecule has 1 saturated heterocycles. The zero-order chi connectivity index (χ0) is 26.0. The van der Waals surface area contributed by atoms with Crippen molar-refractivity contribution in [3.63, 3.8) is 0 Å². The number of nitrogens with one attached hydrogen (secondary N) is 2. The van der Waals surface area contributed by atoms with Crippen LogP contribution in [-0.2, 0) is 20.7 Å². The van der Waals surface area contributed by atoms with Gasteiger partial charge in [0.25, 0.3) is 0 Å². The Morgan fingerprint density at radius 3 is 2.60 bits per heavy atom. The summed E-state index contributed by atoms with van der Waals surface area (Å²) in [5.74, 6) is -3.21. The number of hydrogen-bond acceptors (Lipinski definition) is 7. The van der Waals surface area contributed by atoms with Gasteiger partial charge >= 0.3 is 13.3 Å². The number of hydrogen-bond donors (Lipinski definition) is 4. The summed E-state index contributed by atoms with van der Waals surface area (Å²) < 4.78 is 43.9. The van der Waals surface area contributed by atoms with E-state index in [4.69, 9.17) is 10.00 Å². The lowest BCUT2D eigenvalue weighted by Gasteiger charge is -2.27. The highest BCUT2D eigenvalue weighted by Gasteiger charge is 2.34. The van der Waals surface area contributed by atoms with Gasteiger partial charge in [0.15, 0.2) is 0 Å². The molecule has 2 rings (SSSR count). The maximum Gasteiger partial charge on any atom is 0.475 e. The largest absolute Gasteiger partial charge is 0.475 e. The Hall–Kier alpha value is -2.66. The van der Waals surface area contributed by atoms with Crippen molar-refractivity contribution < 1.29 is 37.5 Å². The summed E-state index contributed by atoms with van der Waals surface area (Å²) in [6.07, 6.45) is -3.23. The molecule has 4 N–H and O–H groups in total. The second kappa shape index (κ2) is 13.4. The van der Waals surface area contributed by atoms with E-state index in [0.29, 0.717) is 24.9 Å². The molecular weight excluding hydrogens is 468 g/mol. The third-order valence-corrected chi connectivity index (χ3v) is 5.67. The highest BCUT2D eigenvalue weighted by Crippen LogP contribution is 2.20. The van der Waals surface area contributed by atoms with E-state index in [1.165, 1.54) is 11.8 Å². The predicted octanol–water partition coefficient (Wildman–Crippen LogP) is 0.414. The van der Waals surface area contributed by atoms with E-state index in [1.54, 1.807) is 30.3 Å². The molecule has 9 nitrogen and oxygen atoms in total. The van der Waals surface area contributed by atoms with Gasteiger partial charge in [0.05, 0.1) is 37.8 Å². The van der Waals surface area contributed by atoms with Crippen LogP contribution in [0, 0.1) is 17.2 Å². The van der Waals surface area contributed by atoms with E-state index in [-0.39, 0.29) is 25.0 Å². The van der Waals surface area contributed by atoms with Crippen molar-refractivity contribution in [1.29, 1.82) is 5.26 Å². The molecule has 2 amide bonds. The molecular formula is C22H30BF3N4O5. The van der Waals surface area contributed by atoms with Crippen LogP contribution in [0.4, 0.5) is 13.2 Å². The summed E-state index contributed by atoms with van der Waals surface area (Å²) in [5.41, 5.74) is 0.694. The van der Waals surface area contributed by atoms with E-state index in [1.807, 2.05) is 6.07 Å². The standard InChI is InChI=1S/C22H30BF3N4O5/c1-15(11-27)21(32)30-9-5-8-17(30)12-35-13-18(28-14-22(24,25)26)20(31)29-19(23(33)34)10-16-6-3-2-4-7-16/h2-4,6-7,15,17-19,28,33-34H,5,8-10,12-14H2,1H3,(H,29,31)/t15?,17-,18+,19+/m1/s1. The number of nitriles is 1. The smallest absolute Gasteiger partial charge is 0.426 e. The Morgan fingerprint density at radius 2 is 2.00 bits per heavy atom. The van der Waals surface area contributed by atoms with Crippen LogP contribution in [0.5, 0.6) is 0 Å². The second-order valence-corrected chi connectivity index (χ2v) is 8.48. The minimum atomic E-state index is -4.58. The van der Waals surface area contributed by atoms with Gasteiger partial charge in [0.2, 0.25) is 11.8 Å². The summed E-state index contributed by atoms with van der Waals surface area (Å²) in [5, 5.41) is 32.8. The van der Waals surface area contributed by atoms with E-state index in [2.05, 4.69) is 10.6 Å². The Labute approximate surface area is 202 Å². The fourth-order valence-corrected chi connectivity index (χ4v) is 3.77. The SMILES string of the molecule is CC(C#N)C(=O)N1CCC[C@@H]1COC[C@H](NCC(F)(F)F)C(=O)N[C@@H](Cc1ccccc1)B(O)O. The number of likely N-dealkylation sites (tertiary alicyclic amines) is 1. The molecule has 0 spiro atoms. The van der Waals surface area contributed by atoms with Crippen LogP contribution in [0.1, 0.15) is 25.3 Å². The third-order valence-electron chi connectivity index (χ3n) is 5.67. The molecule has 0 aromatic heterocycles. The van der Waals surface area contributed by atoms with Crippen molar-refractivity contribution in [2.45, 2.75) is 50.4 Å².